The van der Waals surface area contributed by atoms with Gasteiger partial charge in [0.15, 0.2) is 6.04 Å². The normalized spacial score (nSPS) is 11.9. The smallest absolute Gasteiger partial charge is 0.331 e. The minimum Gasteiger partial charge on any atom is -0.495 e. The van der Waals surface area contributed by atoms with Gasteiger partial charge in [-0.3, -0.25) is 0 Å². The van der Waals surface area contributed by atoms with Crippen molar-refractivity contribution in [2.24, 2.45) is 0 Å². The minimum absolute atomic E-state index is 0.627. The van der Waals surface area contributed by atoms with Gasteiger partial charge in [0, 0.05) is 9.75 Å². The highest BCUT2D eigenvalue weighted by molar-refractivity contribution is 7.12. The molecule has 0 saturated heterocycles. The third-order valence-corrected chi connectivity index (χ3v) is 3.76. The number of ether oxygens (including phenoxy) is 1. The Morgan fingerprint density at radius 3 is 2.63 bits per heavy atom. The van der Waals surface area contributed by atoms with Crippen LogP contribution in [-0.4, -0.2) is 18.2 Å². The van der Waals surface area contributed by atoms with Crippen molar-refractivity contribution in [3.05, 3.63) is 46.2 Å². The van der Waals surface area contributed by atoms with Crippen LogP contribution in [0.3, 0.4) is 0 Å². The van der Waals surface area contributed by atoms with Crippen molar-refractivity contribution in [1.29, 1.82) is 0 Å². The maximum absolute atomic E-state index is 11.4. The molecule has 0 aliphatic heterocycles. The number of aryl methyl sites for hydroxylation is 1. The van der Waals surface area contributed by atoms with Gasteiger partial charge in [-0.05, 0) is 31.2 Å². The van der Waals surface area contributed by atoms with Crippen molar-refractivity contribution in [1.82, 2.24) is 0 Å². The van der Waals surface area contributed by atoms with Crippen LogP contribution in [0.15, 0.2) is 36.4 Å². The number of thiophene rings is 1. The Hall–Kier alpha value is -2.01. The Bertz CT molecular complexity index is 580. The predicted octanol–water partition coefficient (Wildman–Crippen LogP) is 3.30. The standard InChI is InChI=1S/C14H15NO3S/c1-9-7-8-12(19-9)13(14(16)17)15-10-5-3-4-6-11(10)18-2/h3-8,13,15H,1-2H3,(H,16,17). The predicted molar refractivity (Wildman–Crippen MR) is 76.0 cm³/mol. The van der Waals surface area contributed by atoms with E-state index in [0.29, 0.717) is 11.4 Å². The van der Waals surface area contributed by atoms with E-state index in [1.807, 2.05) is 31.2 Å². The molecule has 0 aliphatic rings. The molecule has 1 unspecified atom stereocenters. The monoisotopic (exact) mass is 277 g/mol. The zero-order chi connectivity index (χ0) is 13.8. The molecule has 0 bridgehead atoms. The van der Waals surface area contributed by atoms with Crippen LogP contribution in [0, 0.1) is 6.92 Å². The lowest BCUT2D eigenvalue weighted by Crippen LogP contribution is -2.19. The summed E-state index contributed by atoms with van der Waals surface area (Å²) in [5.41, 5.74) is 0.670. The van der Waals surface area contributed by atoms with Crippen LogP contribution in [-0.2, 0) is 4.79 Å². The van der Waals surface area contributed by atoms with Gasteiger partial charge in [0.2, 0.25) is 0 Å². The van der Waals surface area contributed by atoms with E-state index in [0.717, 1.165) is 9.75 Å². The molecule has 5 heteroatoms. The second kappa shape index (κ2) is 5.75. The van der Waals surface area contributed by atoms with E-state index < -0.39 is 12.0 Å². The molecular weight excluding hydrogens is 262 g/mol. The first-order valence-corrected chi connectivity index (χ1v) is 6.62. The molecule has 0 aliphatic carbocycles. The number of nitrogens with one attached hydrogen (secondary N) is 1. The van der Waals surface area contributed by atoms with Gasteiger partial charge in [0.25, 0.3) is 0 Å². The number of carboxylic acids is 1. The Kier molecular flexibility index (Phi) is 4.06. The molecule has 2 N–H and O–H groups in total. The van der Waals surface area contributed by atoms with Crippen LogP contribution < -0.4 is 10.1 Å². The molecule has 1 aromatic carbocycles. The summed E-state index contributed by atoms with van der Waals surface area (Å²) in [5.74, 6) is -0.283. The van der Waals surface area contributed by atoms with E-state index in [1.165, 1.54) is 11.3 Å². The fourth-order valence-corrected chi connectivity index (χ4v) is 2.70. The Balaban J connectivity index is 2.29. The average molecular weight is 277 g/mol. The summed E-state index contributed by atoms with van der Waals surface area (Å²) in [7, 11) is 1.56. The molecule has 100 valence electrons. The summed E-state index contributed by atoms with van der Waals surface area (Å²) < 4.78 is 5.22. The zero-order valence-corrected chi connectivity index (χ0v) is 11.5. The summed E-state index contributed by atoms with van der Waals surface area (Å²) in [6.07, 6.45) is 0. The maximum atomic E-state index is 11.4. The third kappa shape index (κ3) is 3.06. The largest absolute Gasteiger partial charge is 0.495 e. The summed E-state index contributed by atoms with van der Waals surface area (Å²) in [5, 5.41) is 12.4. The van der Waals surface area contributed by atoms with Crippen molar-refractivity contribution in [3.63, 3.8) is 0 Å². The van der Waals surface area contributed by atoms with Gasteiger partial charge < -0.3 is 15.2 Å². The van der Waals surface area contributed by atoms with Crippen LogP contribution in [0.4, 0.5) is 5.69 Å². The molecule has 19 heavy (non-hydrogen) atoms. The van der Waals surface area contributed by atoms with Gasteiger partial charge in [0.1, 0.15) is 5.75 Å². The van der Waals surface area contributed by atoms with Gasteiger partial charge in [-0.15, -0.1) is 11.3 Å². The molecule has 4 nitrogen and oxygen atoms in total. The molecule has 2 aromatic rings. The zero-order valence-electron chi connectivity index (χ0n) is 10.7. The van der Waals surface area contributed by atoms with Crippen molar-refractivity contribution in [2.45, 2.75) is 13.0 Å². The molecule has 0 fully saturated rings. The van der Waals surface area contributed by atoms with Crippen LogP contribution in [0.2, 0.25) is 0 Å². The van der Waals surface area contributed by atoms with Crippen LogP contribution in [0.25, 0.3) is 0 Å². The average Bonchev–Trinajstić information content (AvgIpc) is 2.82. The van der Waals surface area contributed by atoms with Gasteiger partial charge >= 0.3 is 5.97 Å². The lowest BCUT2D eigenvalue weighted by Gasteiger charge is -2.16. The molecule has 0 saturated carbocycles. The number of methoxy groups -OCH3 is 1. The number of para-hydroxylation sites is 2. The van der Waals surface area contributed by atoms with Crippen molar-refractivity contribution < 1.29 is 14.6 Å². The van der Waals surface area contributed by atoms with Crippen LogP contribution >= 0.6 is 11.3 Å². The molecule has 1 heterocycles. The molecule has 0 amide bonds. The fourth-order valence-electron chi connectivity index (χ4n) is 1.78. The first-order valence-electron chi connectivity index (χ1n) is 5.80. The first kappa shape index (κ1) is 13.4. The molecular formula is C14H15NO3S. The molecule has 1 aromatic heterocycles. The molecule has 1 atom stereocenters. The molecule has 0 radical (unpaired) electrons. The topological polar surface area (TPSA) is 58.6 Å². The highest BCUT2D eigenvalue weighted by Crippen LogP contribution is 2.30. The maximum Gasteiger partial charge on any atom is 0.331 e. The van der Waals surface area contributed by atoms with E-state index >= 15 is 0 Å². The number of aliphatic carboxylic acids is 1. The fraction of sp³-hybridized carbons (Fsp3) is 0.214. The third-order valence-electron chi connectivity index (χ3n) is 2.70. The van der Waals surface area contributed by atoms with E-state index in [-0.39, 0.29) is 0 Å². The summed E-state index contributed by atoms with van der Waals surface area (Å²) in [4.78, 5) is 13.3. The SMILES string of the molecule is COc1ccccc1NC(C(=O)O)c1ccc(C)s1. The number of anilines is 1. The van der Waals surface area contributed by atoms with E-state index in [4.69, 9.17) is 4.74 Å². The second-order valence-corrected chi connectivity index (χ2v) is 5.38. The van der Waals surface area contributed by atoms with Crippen molar-refractivity contribution >= 4 is 23.0 Å². The van der Waals surface area contributed by atoms with Crippen LogP contribution in [0.5, 0.6) is 5.75 Å². The number of carboxylic acid groups (broad SMARTS) is 1. The number of hydrogen-bond acceptors (Lipinski definition) is 4. The first-order chi connectivity index (χ1) is 9.11. The minimum atomic E-state index is -0.909. The summed E-state index contributed by atoms with van der Waals surface area (Å²) >= 11 is 1.47. The van der Waals surface area contributed by atoms with Gasteiger partial charge in [-0.2, -0.15) is 0 Å². The highest BCUT2D eigenvalue weighted by atomic mass is 32.1. The summed E-state index contributed by atoms with van der Waals surface area (Å²) in [6.45, 7) is 1.95. The van der Waals surface area contributed by atoms with Gasteiger partial charge in [-0.1, -0.05) is 12.1 Å². The Labute approximate surface area is 115 Å². The number of benzene rings is 1. The lowest BCUT2D eigenvalue weighted by atomic mass is 10.2. The van der Waals surface area contributed by atoms with Crippen molar-refractivity contribution in [2.75, 3.05) is 12.4 Å². The highest BCUT2D eigenvalue weighted by Gasteiger charge is 2.22. The van der Waals surface area contributed by atoms with E-state index in [1.54, 1.807) is 19.2 Å². The lowest BCUT2D eigenvalue weighted by molar-refractivity contribution is -0.138. The quantitative estimate of drug-likeness (QED) is 0.880. The number of rotatable bonds is 5. The summed E-state index contributed by atoms with van der Waals surface area (Å²) in [6, 6.07) is 10.3. The van der Waals surface area contributed by atoms with Gasteiger partial charge in [-0.25, -0.2) is 4.79 Å². The Morgan fingerprint density at radius 1 is 1.32 bits per heavy atom. The van der Waals surface area contributed by atoms with E-state index in [2.05, 4.69) is 5.32 Å². The van der Waals surface area contributed by atoms with Gasteiger partial charge in [0.05, 0.1) is 12.8 Å². The number of carbonyl (C=O) groups is 1. The number of hydrogen-bond donors (Lipinski definition) is 2. The Morgan fingerprint density at radius 2 is 2.05 bits per heavy atom. The van der Waals surface area contributed by atoms with Crippen LogP contribution in [0.1, 0.15) is 15.8 Å². The molecule has 0 spiro atoms. The second-order valence-electron chi connectivity index (χ2n) is 4.06. The molecule has 2 rings (SSSR count). The van der Waals surface area contributed by atoms with E-state index in [9.17, 15) is 9.90 Å². The van der Waals surface area contributed by atoms with Crippen molar-refractivity contribution in [3.8, 4) is 5.75 Å².